The van der Waals surface area contributed by atoms with E-state index in [1.54, 1.807) is 32.2 Å². The summed E-state index contributed by atoms with van der Waals surface area (Å²) in [4.78, 5) is 12.3. The van der Waals surface area contributed by atoms with Crippen molar-refractivity contribution in [2.24, 2.45) is 0 Å². The number of benzene rings is 2. The zero-order chi connectivity index (χ0) is 17.9. The van der Waals surface area contributed by atoms with E-state index in [-0.39, 0.29) is 12.5 Å². The molecule has 0 aliphatic rings. The van der Waals surface area contributed by atoms with E-state index in [2.05, 4.69) is 14.1 Å². The summed E-state index contributed by atoms with van der Waals surface area (Å²) in [6, 6.07) is 12.7. The molecule has 0 saturated heterocycles. The number of nitrogens with zero attached hydrogens (tertiary/aromatic N) is 2. The van der Waals surface area contributed by atoms with E-state index in [0.29, 0.717) is 17.5 Å². The average molecular weight is 357 g/mol. The van der Waals surface area contributed by atoms with Crippen LogP contribution in [-0.4, -0.2) is 39.0 Å². The number of nitrogens with one attached hydrogen (secondary N) is 1. The Morgan fingerprint density at radius 2 is 1.92 bits per heavy atom. The molecule has 130 valence electrons. The second-order valence-electron chi connectivity index (χ2n) is 6.17. The number of ether oxygens (including phenoxy) is 1. The molecule has 0 spiro atoms. The Morgan fingerprint density at radius 3 is 2.64 bits per heavy atom. The van der Waals surface area contributed by atoms with Crippen molar-refractivity contribution in [2.45, 2.75) is 18.9 Å². The second kappa shape index (κ2) is 7.16. The second-order valence-corrected chi connectivity index (χ2v) is 6.70. The van der Waals surface area contributed by atoms with E-state index >= 15 is 0 Å². The lowest BCUT2D eigenvalue weighted by molar-refractivity contribution is 0.0552. The molecule has 3 rings (SSSR count). The Bertz CT molecular complexity index is 875. The van der Waals surface area contributed by atoms with Gasteiger partial charge in [0.25, 0.3) is 5.91 Å². The number of rotatable bonds is 6. The maximum absolute atomic E-state index is 12.3. The van der Waals surface area contributed by atoms with Crippen LogP contribution in [0.25, 0.3) is 11.0 Å². The van der Waals surface area contributed by atoms with E-state index in [0.717, 1.165) is 28.6 Å². The topological polar surface area (TPSA) is 84.3 Å². The van der Waals surface area contributed by atoms with Gasteiger partial charge in [0.1, 0.15) is 16.8 Å². The molecule has 6 nitrogen and oxygen atoms in total. The third kappa shape index (κ3) is 4.32. The number of hydrogen-bond acceptors (Lipinski definition) is 6. The van der Waals surface area contributed by atoms with Crippen LogP contribution in [0.5, 0.6) is 5.75 Å². The van der Waals surface area contributed by atoms with Gasteiger partial charge in [-0.1, -0.05) is 12.1 Å². The van der Waals surface area contributed by atoms with Crippen LogP contribution >= 0.6 is 11.7 Å². The van der Waals surface area contributed by atoms with E-state index in [9.17, 15) is 9.90 Å². The highest BCUT2D eigenvalue weighted by Gasteiger charge is 2.22. The molecular weight excluding hydrogens is 338 g/mol. The lowest BCUT2D eigenvalue weighted by Gasteiger charge is -2.24. The van der Waals surface area contributed by atoms with Crippen LogP contribution in [0.15, 0.2) is 42.5 Å². The van der Waals surface area contributed by atoms with Crippen molar-refractivity contribution < 1.29 is 14.6 Å². The van der Waals surface area contributed by atoms with Crippen LogP contribution in [-0.2, 0) is 6.42 Å². The Hall–Kier alpha value is -2.51. The summed E-state index contributed by atoms with van der Waals surface area (Å²) in [6.07, 6.45) is 0.423. The SMILES string of the molecule is COc1ccc(C[C@@](C)(O)CNC(=O)c2ccc3nsnc3c2)cc1. The molecule has 0 fully saturated rings. The largest absolute Gasteiger partial charge is 0.497 e. The quantitative estimate of drug-likeness (QED) is 0.708. The lowest BCUT2D eigenvalue weighted by Crippen LogP contribution is -2.42. The molecule has 2 N–H and O–H groups in total. The molecule has 1 atom stereocenters. The summed E-state index contributed by atoms with van der Waals surface area (Å²) in [5.41, 5.74) is 1.88. The van der Waals surface area contributed by atoms with Crippen molar-refractivity contribution in [1.82, 2.24) is 14.1 Å². The highest BCUT2D eigenvalue weighted by atomic mass is 32.1. The Balaban J connectivity index is 1.61. The number of aromatic nitrogens is 2. The summed E-state index contributed by atoms with van der Waals surface area (Å²) in [5, 5.41) is 13.3. The van der Waals surface area contributed by atoms with Gasteiger partial charge in [0.05, 0.1) is 24.4 Å². The maximum Gasteiger partial charge on any atom is 0.251 e. The van der Waals surface area contributed by atoms with Gasteiger partial charge in [-0.25, -0.2) is 0 Å². The van der Waals surface area contributed by atoms with Crippen LogP contribution in [0.4, 0.5) is 0 Å². The lowest BCUT2D eigenvalue weighted by atomic mass is 9.96. The van der Waals surface area contributed by atoms with Gasteiger partial charge in [-0.05, 0) is 42.8 Å². The smallest absolute Gasteiger partial charge is 0.251 e. The van der Waals surface area contributed by atoms with Gasteiger partial charge in [0.2, 0.25) is 0 Å². The first-order chi connectivity index (χ1) is 12.0. The van der Waals surface area contributed by atoms with Gasteiger partial charge in [-0.15, -0.1) is 0 Å². The molecule has 1 amide bonds. The molecule has 0 radical (unpaired) electrons. The van der Waals surface area contributed by atoms with Gasteiger partial charge >= 0.3 is 0 Å². The fraction of sp³-hybridized carbons (Fsp3) is 0.278. The summed E-state index contributed by atoms with van der Waals surface area (Å²) >= 11 is 1.11. The molecular formula is C18H19N3O3S. The summed E-state index contributed by atoms with van der Waals surface area (Å²) in [5.74, 6) is 0.522. The van der Waals surface area contributed by atoms with Crippen LogP contribution in [0.1, 0.15) is 22.8 Å². The van der Waals surface area contributed by atoms with E-state index in [1.807, 2.05) is 24.3 Å². The number of methoxy groups -OCH3 is 1. The highest BCUT2D eigenvalue weighted by molar-refractivity contribution is 7.00. The summed E-state index contributed by atoms with van der Waals surface area (Å²) in [6.45, 7) is 1.84. The van der Waals surface area contributed by atoms with Gasteiger partial charge in [-0.3, -0.25) is 4.79 Å². The monoisotopic (exact) mass is 357 g/mol. The third-order valence-corrected chi connectivity index (χ3v) is 4.45. The molecule has 1 heterocycles. The summed E-state index contributed by atoms with van der Waals surface area (Å²) in [7, 11) is 1.61. The first-order valence-electron chi connectivity index (χ1n) is 7.83. The molecule has 0 aliphatic carbocycles. The zero-order valence-corrected chi connectivity index (χ0v) is 14.8. The fourth-order valence-corrected chi connectivity index (χ4v) is 3.06. The Kier molecular flexibility index (Phi) is 4.96. The minimum atomic E-state index is -1.06. The van der Waals surface area contributed by atoms with E-state index < -0.39 is 5.60 Å². The van der Waals surface area contributed by atoms with Gasteiger partial charge in [0.15, 0.2) is 0 Å². The maximum atomic E-state index is 12.3. The standard InChI is InChI=1S/C18H19N3O3S/c1-18(23,10-12-3-6-14(24-2)7-4-12)11-19-17(22)13-5-8-15-16(9-13)21-25-20-15/h3-9,23H,10-11H2,1-2H3,(H,19,22)/t18-/m1/s1. The molecule has 0 saturated carbocycles. The van der Waals surface area contributed by atoms with Crippen LogP contribution < -0.4 is 10.1 Å². The number of hydrogen-bond donors (Lipinski definition) is 2. The van der Waals surface area contributed by atoms with Crippen LogP contribution in [0.3, 0.4) is 0 Å². The third-order valence-electron chi connectivity index (χ3n) is 3.89. The molecule has 0 unspecified atom stereocenters. The van der Waals surface area contributed by atoms with Crippen molar-refractivity contribution in [1.29, 1.82) is 0 Å². The fourth-order valence-electron chi connectivity index (χ4n) is 2.54. The number of fused-ring (bicyclic) bond motifs is 1. The first-order valence-corrected chi connectivity index (χ1v) is 8.56. The molecule has 0 aliphatic heterocycles. The highest BCUT2D eigenvalue weighted by Crippen LogP contribution is 2.17. The van der Waals surface area contributed by atoms with E-state index in [4.69, 9.17) is 4.74 Å². The van der Waals surface area contributed by atoms with Crippen molar-refractivity contribution in [2.75, 3.05) is 13.7 Å². The van der Waals surface area contributed by atoms with E-state index in [1.165, 1.54) is 0 Å². The Labute approximate surface area is 149 Å². The van der Waals surface area contributed by atoms with Gasteiger partial charge in [-0.2, -0.15) is 8.75 Å². The predicted octanol–water partition coefficient (Wildman–Crippen LogP) is 2.42. The predicted molar refractivity (Wildman–Crippen MR) is 97.1 cm³/mol. The first kappa shape index (κ1) is 17.3. The van der Waals surface area contributed by atoms with Crippen molar-refractivity contribution >= 4 is 28.7 Å². The van der Waals surface area contributed by atoms with Crippen LogP contribution in [0.2, 0.25) is 0 Å². The minimum absolute atomic E-state index is 0.144. The van der Waals surface area contributed by atoms with Crippen molar-refractivity contribution in [3.05, 3.63) is 53.6 Å². The van der Waals surface area contributed by atoms with Gasteiger partial charge < -0.3 is 15.2 Å². The minimum Gasteiger partial charge on any atom is -0.497 e. The van der Waals surface area contributed by atoms with Crippen molar-refractivity contribution in [3.63, 3.8) is 0 Å². The number of aliphatic hydroxyl groups is 1. The zero-order valence-electron chi connectivity index (χ0n) is 14.0. The number of carbonyl (C=O) groups excluding carboxylic acids is 1. The average Bonchev–Trinajstić information content (AvgIpc) is 3.08. The molecule has 25 heavy (non-hydrogen) atoms. The Morgan fingerprint density at radius 1 is 1.20 bits per heavy atom. The van der Waals surface area contributed by atoms with Crippen molar-refractivity contribution in [3.8, 4) is 5.75 Å². The van der Waals surface area contributed by atoms with Crippen LogP contribution in [0, 0.1) is 0 Å². The molecule has 7 heteroatoms. The summed E-state index contributed by atoms with van der Waals surface area (Å²) < 4.78 is 13.4. The normalized spacial score (nSPS) is 13.4. The molecule has 3 aromatic rings. The molecule has 0 bridgehead atoms. The molecule has 2 aromatic carbocycles. The molecule has 1 aromatic heterocycles. The number of carbonyl (C=O) groups is 1. The number of amides is 1. The van der Waals surface area contributed by atoms with Gasteiger partial charge in [0, 0.05) is 18.5 Å².